The highest BCUT2D eigenvalue weighted by atomic mass is 32.2. The molecule has 2 aliphatic rings. The van der Waals surface area contributed by atoms with Gasteiger partial charge in [-0.15, -0.1) is 0 Å². The van der Waals surface area contributed by atoms with Gasteiger partial charge in [-0.05, 0) is 44.0 Å². The van der Waals surface area contributed by atoms with Crippen molar-refractivity contribution in [3.05, 3.63) is 35.4 Å². The van der Waals surface area contributed by atoms with E-state index in [-0.39, 0.29) is 0 Å². The zero-order valence-electron chi connectivity index (χ0n) is 11.8. The Morgan fingerprint density at radius 3 is 2.95 bits per heavy atom. The lowest BCUT2D eigenvalue weighted by atomic mass is 10.0. The van der Waals surface area contributed by atoms with Crippen LogP contribution in [0.3, 0.4) is 0 Å². The normalized spacial score (nSPS) is 25.2. The highest BCUT2D eigenvalue weighted by molar-refractivity contribution is 7.98. The second-order valence-corrected chi connectivity index (χ2v) is 6.80. The van der Waals surface area contributed by atoms with Crippen LogP contribution in [-0.2, 0) is 5.75 Å². The van der Waals surface area contributed by atoms with Crippen LogP contribution in [0.1, 0.15) is 36.9 Å². The highest BCUT2D eigenvalue weighted by Gasteiger charge is 2.22. The van der Waals surface area contributed by atoms with Crippen molar-refractivity contribution in [2.45, 2.75) is 37.6 Å². The number of likely N-dealkylation sites (tertiary alicyclic amines) is 1. The van der Waals surface area contributed by atoms with E-state index in [0.717, 1.165) is 6.54 Å². The van der Waals surface area contributed by atoms with Gasteiger partial charge in [0.25, 0.3) is 0 Å². The Kier molecular flexibility index (Phi) is 4.46. The summed E-state index contributed by atoms with van der Waals surface area (Å²) in [6, 6.07) is 10.1. The van der Waals surface area contributed by atoms with Gasteiger partial charge in [-0.3, -0.25) is 4.90 Å². The zero-order chi connectivity index (χ0) is 13.1. The van der Waals surface area contributed by atoms with Crippen molar-refractivity contribution < 1.29 is 0 Å². The summed E-state index contributed by atoms with van der Waals surface area (Å²) in [5.41, 5.74) is 3.04. The van der Waals surface area contributed by atoms with Gasteiger partial charge in [0, 0.05) is 30.1 Å². The Labute approximate surface area is 121 Å². The van der Waals surface area contributed by atoms with Crippen LogP contribution in [0.5, 0.6) is 0 Å². The monoisotopic (exact) mass is 276 g/mol. The Balaban J connectivity index is 1.58. The van der Waals surface area contributed by atoms with Crippen LogP contribution in [0, 0.1) is 0 Å². The molecule has 0 amide bonds. The second-order valence-electron chi connectivity index (χ2n) is 5.77. The van der Waals surface area contributed by atoms with Gasteiger partial charge in [-0.1, -0.05) is 24.3 Å². The molecule has 1 saturated heterocycles. The van der Waals surface area contributed by atoms with Crippen LogP contribution in [0.15, 0.2) is 24.3 Å². The van der Waals surface area contributed by atoms with Crippen molar-refractivity contribution in [3.8, 4) is 0 Å². The minimum absolute atomic E-state index is 0.542. The van der Waals surface area contributed by atoms with Gasteiger partial charge in [-0.25, -0.2) is 0 Å². The summed E-state index contributed by atoms with van der Waals surface area (Å²) in [7, 11) is 0. The lowest BCUT2D eigenvalue weighted by molar-refractivity contribution is 0.247. The fraction of sp³-hybridized carbons (Fsp3) is 0.625. The third-order valence-corrected chi connectivity index (χ3v) is 5.48. The standard InChI is InChI=1S/C16H24N2S/c1-13(18-8-4-5-9-18)10-17-16-12-19-11-14-6-2-3-7-15(14)16/h2-3,6-7,13,16-17H,4-5,8-12H2,1H3. The van der Waals surface area contributed by atoms with E-state index >= 15 is 0 Å². The summed E-state index contributed by atoms with van der Waals surface area (Å²) in [5.74, 6) is 2.39. The molecule has 1 aromatic rings. The molecule has 2 unspecified atom stereocenters. The number of hydrogen-bond donors (Lipinski definition) is 1. The maximum atomic E-state index is 3.79. The molecule has 2 nitrogen and oxygen atoms in total. The third-order valence-electron chi connectivity index (χ3n) is 4.40. The van der Waals surface area contributed by atoms with E-state index in [9.17, 15) is 0 Å². The van der Waals surface area contributed by atoms with Crippen molar-refractivity contribution in [2.24, 2.45) is 0 Å². The summed E-state index contributed by atoms with van der Waals surface area (Å²) < 4.78 is 0. The fourth-order valence-corrected chi connectivity index (χ4v) is 4.31. The molecule has 1 aromatic carbocycles. The van der Waals surface area contributed by atoms with Crippen molar-refractivity contribution in [1.82, 2.24) is 10.2 Å². The number of hydrogen-bond acceptors (Lipinski definition) is 3. The quantitative estimate of drug-likeness (QED) is 0.910. The minimum atomic E-state index is 0.542. The first-order valence-electron chi connectivity index (χ1n) is 7.47. The molecular weight excluding hydrogens is 252 g/mol. The Bertz CT molecular complexity index is 415. The van der Waals surface area contributed by atoms with Gasteiger partial charge >= 0.3 is 0 Å². The Hall–Kier alpha value is -0.510. The molecule has 0 radical (unpaired) electrons. The topological polar surface area (TPSA) is 15.3 Å². The molecule has 2 aliphatic heterocycles. The fourth-order valence-electron chi connectivity index (χ4n) is 3.18. The third kappa shape index (κ3) is 3.15. The van der Waals surface area contributed by atoms with E-state index in [1.165, 1.54) is 48.6 Å². The number of thioether (sulfide) groups is 1. The second kappa shape index (κ2) is 6.29. The predicted octanol–water partition coefficient (Wildman–Crippen LogP) is 3.05. The maximum Gasteiger partial charge on any atom is 0.0415 e. The first-order chi connectivity index (χ1) is 9.34. The van der Waals surface area contributed by atoms with Crippen LogP contribution in [0.25, 0.3) is 0 Å². The molecule has 104 valence electrons. The van der Waals surface area contributed by atoms with Crippen LogP contribution >= 0.6 is 11.8 Å². The molecule has 0 bridgehead atoms. The first-order valence-corrected chi connectivity index (χ1v) is 8.63. The van der Waals surface area contributed by atoms with Crippen LogP contribution in [0.2, 0.25) is 0 Å². The molecule has 3 rings (SSSR count). The highest BCUT2D eigenvalue weighted by Crippen LogP contribution is 2.31. The maximum absolute atomic E-state index is 3.79. The number of fused-ring (bicyclic) bond motifs is 1. The van der Waals surface area contributed by atoms with E-state index in [4.69, 9.17) is 0 Å². The van der Waals surface area contributed by atoms with Gasteiger partial charge < -0.3 is 5.32 Å². The number of rotatable bonds is 4. The van der Waals surface area contributed by atoms with Gasteiger partial charge in [0.2, 0.25) is 0 Å². The van der Waals surface area contributed by atoms with Gasteiger partial charge in [0.05, 0.1) is 0 Å². The Morgan fingerprint density at radius 1 is 1.32 bits per heavy atom. The predicted molar refractivity (Wildman–Crippen MR) is 83.6 cm³/mol. The van der Waals surface area contributed by atoms with Crippen molar-refractivity contribution >= 4 is 11.8 Å². The van der Waals surface area contributed by atoms with Gasteiger partial charge in [-0.2, -0.15) is 11.8 Å². The summed E-state index contributed by atoms with van der Waals surface area (Å²) in [6.45, 7) is 6.05. The molecule has 2 atom stereocenters. The molecule has 3 heteroatoms. The lowest BCUT2D eigenvalue weighted by Gasteiger charge is -2.30. The number of benzene rings is 1. The van der Waals surface area contributed by atoms with Gasteiger partial charge in [0.15, 0.2) is 0 Å². The largest absolute Gasteiger partial charge is 0.308 e. The minimum Gasteiger partial charge on any atom is -0.308 e. The zero-order valence-corrected chi connectivity index (χ0v) is 12.6. The molecule has 19 heavy (non-hydrogen) atoms. The molecule has 1 fully saturated rings. The van der Waals surface area contributed by atoms with E-state index in [1.807, 2.05) is 0 Å². The molecular formula is C16H24N2S. The van der Waals surface area contributed by atoms with Crippen LogP contribution in [0.4, 0.5) is 0 Å². The van der Waals surface area contributed by atoms with Gasteiger partial charge in [0.1, 0.15) is 0 Å². The van der Waals surface area contributed by atoms with E-state index in [1.54, 1.807) is 0 Å². The average Bonchev–Trinajstić information content (AvgIpc) is 2.99. The summed E-state index contributed by atoms with van der Waals surface area (Å²) >= 11 is 2.05. The molecule has 0 aromatic heterocycles. The van der Waals surface area contributed by atoms with E-state index in [0.29, 0.717) is 12.1 Å². The molecule has 0 saturated carbocycles. The molecule has 2 heterocycles. The Morgan fingerprint density at radius 2 is 2.11 bits per heavy atom. The summed E-state index contributed by atoms with van der Waals surface area (Å²) in [4.78, 5) is 2.62. The number of nitrogens with zero attached hydrogens (tertiary/aromatic N) is 1. The van der Waals surface area contributed by atoms with Crippen LogP contribution < -0.4 is 5.32 Å². The first kappa shape index (κ1) is 13.5. The SMILES string of the molecule is CC(CNC1CSCc2ccccc21)N1CCCC1. The van der Waals surface area contributed by atoms with E-state index in [2.05, 4.69) is 53.2 Å². The van der Waals surface area contributed by atoms with Crippen molar-refractivity contribution in [2.75, 3.05) is 25.4 Å². The summed E-state index contributed by atoms with van der Waals surface area (Å²) in [5, 5.41) is 3.79. The smallest absolute Gasteiger partial charge is 0.0415 e. The molecule has 0 aliphatic carbocycles. The lowest BCUT2D eigenvalue weighted by Crippen LogP contribution is -2.40. The number of nitrogens with one attached hydrogen (secondary N) is 1. The summed E-state index contributed by atoms with van der Waals surface area (Å²) in [6.07, 6.45) is 2.76. The van der Waals surface area contributed by atoms with Crippen LogP contribution in [-0.4, -0.2) is 36.3 Å². The van der Waals surface area contributed by atoms with E-state index < -0.39 is 0 Å². The van der Waals surface area contributed by atoms with Crippen molar-refractivity contribution in [1.29, 1.82) is 0 Å². The van der Waals surface area contributed by atoms with Crippen molar-refractivity contribution in [3.63, 3.8) is 0 Å². The average molecular weight is 276 g/mol. The molecule has 1 N–H and O–H groups in total. The molecule has 0 spiro atoms.